The van der Waals surface area contributed by atoms with Crippen LogP contribution in [0.2, 0.25) is 0 Å². The zero-order valence-corrected chi connectivity index (χ0v) is 81.1. The van der Waals surface area contributed by atoms with E-state index in [1.54, 1.807) is 41.5 Å². The molecule has 0 aromatic heterocycles. The minimum Gasteiger partial charge on any atom is -0.370 e. The number of hydrogen-bond acceptors (Lipinski definition) is 28. The summed E-state index contributed by atoms with van der Waals surface area (Å²) < 4.78 is 0. The van der Waals surface area contributed by atoms with E-state index in [2.05, 4.69) is 79.8 Å². The van der Waals surface area contributed by atoms with Gasteiger partial charge < -0.3 is 154 Å². The molecule has 0 saturated carbocycles. The predicted octanol–water partition coefficient (Wildman–Crippen LogP) is -7.15. The van der Waals surface area contributed by atoms with E-state index in [4.69, 9.17) is 74.5 Å². The highest BCUT2D eigenvalue weighted by atomic mass is 16.2. The molecule has 778 valence electrons. The molecule has 48 heteroatoms. The molecular formula is C88H166N28O20. The highest BCUT2D eigenvalue weighted by Gasteiger charge is 2.40. The number of unbranched alkanes of at least 4 members (excludes halogenated alkanes) is 7. The molecule has 0 fully saturated rings. The molecule has 0 aliphatic rings. The number of carbonyl (C=O) groups is 20. The molecule has 0 unspecified atom stereocenters. The number of amides is 20. The average Bonchev–Trinajstić information content (AvgIpc) is 0.854. The quantitative estimate of drug-likeness (QED) is 0.0252. The monoisotopic (exact) mass is 1940 g/mol. The van der Waals surface area contributed by atoms with Gasteiger partial charge in [0.1, 0.15) is 84.6 Å². The van der Waals surface area contributed by atoms with Gasteiger partial charge >= 0.3 is 0 Å². The standard InChI is InChI=1S/C88H166N28O20/c1-50(2)45-54(96)74(122)103-56(24-10-17-39-90)76(124)106-60(28-14-21-43-94)80(128)115-68(48-53(7)8)88(136)116-67(47-52(5)6)87(135)109-59(27-13-20-42-93)79(127)111-65(33-37-72(100)120)85(133)112-62(30-34-69(97)117)82(130)107-57(25-11-18-40-91)77(125)105-58(26-12-19-41-92)78(126)110-64(32-36-71(99)119)84(132)113-63(31-35-70(98)118)83(131)108-61(29-15-22-44-95)81(129)114-66(46-51(3)4)86(134)104-55(23-9-16-38-89)75(123)102-49-73(101)121/h50-68H,9-49,89-96H2,1-8H3,(H2,97,117)(H2,98,118)(H2,99,119)(H2,100,120)(H2,101,121)(H,102,123)(H,103,122)(H,104,134)(H,105,125)(H,106,124)(H,107,130)(H,108,131)(H,109,135)(H,110,126)(H,111,127)(H,112,133)(H,113,132)(H,114,129)(H,115,128)(H,116,136)/t54-,55-,56-,57-,58-,59-,60-,61-,62-,63-,64-,65-,66-,67-,68-/m0/s1. The van der Waals surface area contributed by atoms with E-state index in [1.165, 1.54) is 0 Å². The van der Waals surface area contributed by atoms with E-state index in [9.17, 15) is 95.9 Å². The van der Waals surface area contributed by atoms with Gasteiger partial charge in [0.2, 0.25) is 118 Å². The minimum absolute atomic E-state index is 0.0111. The summed E-state index contributed by atoms with van der Waals surface area (Å²) in [4.78, 5) is 278. The van der Waals surface area contributed by atoms with Gasteiger partial charge in [-0.25, -0.2) is 0 Å². The van der Waals surface area contributed by atoms with Crippen LogP contribution < -0.4 is 154 Å². The lowest BCUT2D eigenvalue weighted by Crippen LogP contribution is -2.61. The molecule has 0 aromatic carbocycles. The van der Waals surface area contributed by atoms with Crippen molar-refractivity contribution in [2.75, 3.05) is 52.4 Å². The molecule has 0 rings (SSSR count). The Bertz CT molecular complexity index is 3740. The molecule has 0 aliphatic heterocycles. The van der Waals surface area contributed by atoms with Crippen molar-refractivity contribution in [3.8, 4) is 0 Å². The third-order valence-electron chi connectivity index (χ3n) is 21.8. The lowest BCUT2D eigenvalue weighted by atomic mass is 9.98. The molecule has 0 aromatic rings. The molecule has 0 heterocycles. The normalized spacial score (nSPS) is 14.6. The topological polar surface area (TPSA) is 860 Å². The number of nitrogens with two attached hydrogens (primary N) is 13. The van der Waals surface area contributed by atoms with Gasteiger partial charge in [0, 0.05) is 25.7 Å². The largest absolute Gasteiger partial charge is 0.370 e. The van der Waals surface area contributed by atoms with Gasteiger partial charge in [-0.2, -0.15) is 0 Å². The Labute approximate surface area is 798 Å². The van der Waals surface area contributed by atoms with Crippen LogP contribution in [-0.4, -0.2) is 261 Å². The van der Waals surface area contributed by atoms with Crippen molar-refractivity contribution in [2.45, 2.75) is 358 Å². The zero-order chi connectivity index (χ0) is 103. The molecule has 0 saturated heterocycles. The van der Waals surface area contributed by atoms with E-state index in [0.717, 1.165) is 0 Å². The Kier molecular flexibility index (Phi) is 65.8. The first kappa shape index (κ1) is 125. The van der Waals surface area contributed by atoms with Crippen LogP contribution in [0.4, 0.5) is 0 Å². The molecule has 20 amide bonds. The third kappa shape index (κ3) is 55.9. The first-order chi connectivity index (χ1) is 64.2. The highest BCUT2D eigenvalue weighted by molar-refractivity contribution is 6.01. The summed E-state index contributed by atoms with van der Waals surface area (Å²) in [6.45, 7) is 15.1. The number of carbonyl (C=O) groups excluding carboxylic acids is 20. The van der Waals surface area contributed by atoms with Crippen molar-refractivity contribution < 1.29 is 95.9 Å². The highest BCUT2D eigenvalue weighted by Crippen LogP contribution is 2.18. The Balaban J connectivity index is 7.70. The Morgan fingerprint density at radius 1 is 0.184 bits per heavy atom. The van der Waals surface area contributed by atoms with Gasteiger partial charge in [0.05, 0.1) is 12.6 Å². The van der Waals surface area contributed by atoms with E-state index in [-0.39, 0.29) is 166 Å². The smallest absolute Gasteiger partial charge is 0.243 e. The molecule has 0 bridgehead atoms. The zero-order valence-electron chi connectivity index (χ0n) is 81.1. The SMILES string of the molecule is CC(C)C[C@H](NC(=O)[C@H](CCCCN)NC(=O)[C@H](CCC(N)=O)NC(=O)[C@H](CCC(N)=O)NC(=O)[C@H](CCCCN)NC(=O)[C@H](CCCCN)NC(=O)[C@H](CCC(N)=O)NC(=O)[C@H](CCC(N)=O)NC(=O)[C@H](CCCCN)NC(=O)[C@H](CC(C)C)NC(=O)[C@H](CC(C)C)NC(=O)[C@H](CCCCN)NC(=O)[C@H](CCCCN)NC(=O)[C@@H](N)CC(C)C)C(=O)N[C@@H](CCCCN)C(=O)NCC(N)=O. The van der Waals surface area contributed by atoms with E-state index >= 15 is 0 Å². The van der Waals surface area contributed by atoms with Gasteiger partial charge in [-0.1, -0.05) is 55.4 Å². The average molecular weight is 1940 g/mol. The van der Waals surface area contributed by atoms with E-state index in [1.807, 2.05) is 13.8 Å². The first-order valence-electron chi connectivity index (χ1n) is 47.8. The van der Waals surface area contributed by atoms with Crippen molar-refractivity contribution in [1.29, 1.82) is 0 Å². The minimum atomic E-state index is -1.79. The fourth-order valence-electron chi connectivity index (χ4n) is 14.4. The third-order valence-corrected chi connectivity index (χ3v) is 21.8. The van der Waals surface area contributed by atoms with Crippen LogP contribution in [-0.2, 0) is 95.9 Å². The first-order valence-corrected chi connectivity index (χ1v) is 47.8. The summed E-state index contributed by atoms with van der Waals surface area (Å²) in [6, 6.07) is -21.8. The number of primary amides is 5. The van der Waals surface area contributed by atoms with E-state index < -0.39 is 267 Å². The molecule has 0 aliphatic carbocycles. The lowest BCUT2D eigenvalue weighted by Gasteiger charge is -2.29. The molecule has 0 radical (unpaired) electrons. The summed E-state index contributed by atoms with van der Waals surface area (Å²) >= 11 is 0. The second-order valence-corrected chi connectivity index (χ2v) is 36.2. The van der Waals surface area contributed by atoms with Gasteiger partial charge in [0.25, 0.3) is 0 Å². The van der Waals surface area contributed by atoms with Crippen molar-refractivity contribution in [1.82, 2.24) is 79.8 Å². The van der Waals surface area contributed by atoms with Crippen molar-refractivity contribution >= 4 is 118 Å². The summed E-state index contributed by atoms with van der Waals surface area (Å²) in [5, 5.41) is 39.1. The van der Waals surface area contributed by atoms with Gasteiger partial charge in [-0.05, 0) is 256 Å². The number of nitrogens with one attached hydrogen (secondary N) is 15. The Morgan fingerprint density at radius 2 is 0.331 bits per heavy atom. The van der Waals surface area contributed by atoms with Gasteiger partial charge in [0.15, 0.2) is 0 Å². The van der Waals surface area contributed by atoms with Crippen LogP contribution in [0.5, 0.6) is 0 Å². The second kappa shape index (κ2) is 71.6. The Morgan fingerprint density at radius 3 is 0.485 bits per heavy atom. The predicted molar refractivity (Wildman–Crippen MR) is 509 cm³/mol. The molecule has 15 atom stereocenters. The van der Waals surface area contributed by atoms with Crippen LogP contribution >= 0.6 is 0 Å². The van der Waals surface area contributed by atoms with Crippen molar-refractivity contribution in [2.24, 2.45) is 98.2 Å². The van der Waals surface area contributed by atoms with Gasteiger partial charge in [-0.15, -0.1) is 0 Å². The lowest BCUT2D eigenvalue weighted by molar-refractivity contribution is -0.137. The van der Waals surface area contributed by atoms with Gasteiger partial charge in [-0.3, -0.25) is 95.9 Å². The van der Waals surface area contributed by atoms with Crippen LogP contribution in [0.3, 0.4) is 0 Å². The summed E-state index contributed by atoms with van der Waals surface area (Å²) in [5.74, 6) is -19.2. The molecule has 0 spiro atoms. The maximum absolute atomic E-state index is 14.9. The maximum Gasteiger partial charge on any atom is 0.243 e. The number of hydrogen-bond donors (Lipinski definition) is 28. The van der Waals surface area contributed by atoms with Crippen molar-refractivity contribution in [3.05, 3.63) is 0 Å². The molecule has 41 N–H and O–H groups in total. The summed E-state index contributed by atoms with van der Waals surface area (Å²) in [6.07, 6.45) is 0.106. The van der Waals surface area contributed by atoms with E-state index in [0.29, 0.717) is 64.3 Å². The maximum atomic E-state index is 14.9. The summed E-state index contributed by atoms with van der Waals surface area (Å²) in [5.41, 5.74) is 74.5. The van der Waals surface area contributed by atoms with Crippen LogP contribution in [0.15, 0.2) is 0 Å². The fourth-order valence-corrected chi connectivity index (χ4v) is 14.4. The molecule has 136 heavy (non-hydrogen) atoms. The van der Waals surface area contributed by atoms with Crippen LogP contribution in [0, 0.1) is 23.7 Å². The van der Waals surface area contributed by atoms with Crippen molar-refractivity contribution in [3.63, 3.8) is 0 Å². The van der Waals surface area contributed by atoms with Crippen LogP contribution in [0.1, 0.15) is 267 Å². The molecular weight excluding hydrogens is 1770 g/mol. The summed E-state index contributed by atoms with van der Waals surface area (Å²) in [7, 11) is 0. The Hall–Kier alpha value is -10.9. The van der Waals surface area contributed by atoms with Crippen LogP contribution in [0.25, 0.3) is 0 Å². The second-order valence-electron chi connectivity index (χ2n) is 36.2. The molecule has 48 nitrogen and oxygen atoms in total. The number of rotatable bonds is 79. The fraction of sp³-hybridized carbons (Fsp3) is 0.773.